The van der Waals surface area contributed by atoms with Gasteiger partial charge in [-0.05, 0) is 52.2 Å². The summed E-state index contributed by atoms with van der Waals surface area (Å²) in [7, 11) is 0. The molecule has 0 heterocycles. The lowest BCUT2D eigenvalue weighted by atomic mass is 9.94. The van der Waals surface area contributed by atoms with Gasteiger partial charge in [0.05, 0.1) is 0 Å². The molecule has 2 aromatic carbocycles. The number of nitrogens with one attached hydrogen (secondary N) is 2. The SMILES string of the molecule is CC(C)(C)NC(=O)O[C@@H](Cc1ccccc1)[C@H](O)CNC(C)(C)Cc1ccccc1. The first-order valence-electron chi connectivity index (χ1n) is 10.5. The molecule has 2 aromatic rings. The van der Waals surface area contributed by atoms with Gasteiger partial charge in [-0.15, -0.1) is 0 Å². The van der Waals surface area contributed by atoms with Crippen LogP contribution in [0.1, 0.15) is 45.7 Å². The fraction of sp³-hybridized carbons (Fsp3) is 0.480. The summed E-state index contributed by atoms with van der Waals surface area (Å²) in [6, 6.07) is 20.0. The van der Waals surface area contributed by atoms with Gasteiger partial charge in [0.2, 0.25) is 0 Å². The maximum atomic E-state index is 12.3. The van der Waals surface area contributed by atoms with Crippen LogP contribution in [0.2, 0.25) is 0 Å². The van der Waals surface area contributed by atoms with Gasteiger partial charge in [-0.1, -0.05) is 60.7 Å². The molecule has 0 fully saturated rings. The molecule has 5 heteroatoms. The van der Waals surface area contributed by atoms with Gasteiger partial charge in [0, 0.05) is 24.0 Å². The molecular weight excluding hydrogens is 376 g/mol. The molecule has 0 spiro atoms. The summed E-state index contributed by atoms with van der Waals surface area (Å²) in [6.45, 7) is 10.2. The van der Waals surface area contributed by atoms with Crippen LogP contribution < -0.4 is 10.6 Å². The zero-order chi connectivity index (χ0) is 22.2. The number of hydrogen-bond donors (Lipinski definition) is 3. The molecule has 1 amide bonds. The topological polar surface area (TPSA) is 70.6 Å². The first kappa shape index (κ1) is 23.9. The number of ether oxygens (including phenoxy) is 1. The van der Waals surface area contributed by atoms with Crippen molar-refractivity contribution in [3.05, 3.63) is 71.8 Å². The third-order valence-corrected chi connectivity index (χ3v) is 4.72. The number of aliphatic hydroxyl groups excluding tert-OH is 1. The molecule has 30 heavy (non-hydrogen) atoms. The second kappa shape index (κ2) is 10.6. The number of rotatable bonds is 9. The average molecular weight is 413 g/mol. The van der Waals surface area contributed by atoms with Crippen molar-refractivity contribution in [3.8, 4) is 0 Å². The molecule has 2 atom stereocenters. The van der Waals surface area contributed by atoms with Crippen molar-refractivity contribution in [1.29, 1.82) is 0 Å². The highest BCUT2D eigenvalue weighted by Gasteiger charge is 2.28. The lowest BCUT2D eigenvalue weighted by molar-refractivity contribution is -0.00116. The van der Waals surface area contributed by atoms with E-state index in [1.54, 1.807) is 0 Å². The third-order valence-electron chi connectivity index (χ3n) is 4.72. The van der Waals surface area contributed by atoms with E-state index in [4.69, 9.17) is 4.74 Å². The highest BCUT2D eigenvalue weighted by Crippen LogP contribution is 2.15. The Labute approximate surface area is 180 Å². The van der Waals surface area contributed by atoms with E-state index in [1.165, 1.54) is 5.56 Å². The molecule has 164 valence electrons. The summed E-state index contributed by atoms with van der Waals surface area (Å²) in [5.74, 6) is 0. The average Bonchev–Trinajstić information content (AvgIpc) is 2.65. The number of hydrogen-bond acceptors (Lipinski definition) is 4. The number of carbonyl (C=O) groups is 1. The fourth-order valence-corrected chi connectivity index (χ4v) is 3.26. The van der Waals surface area contributed by atoms with Crippen molar-refractivity contribution in [1.82, 2.24) is 10.6 Å². The number of carbonyl (C=O) groups excluding carboxylic acids is 1. The number of aliphatic hydroxyl groups is 1. The molecule has 0 saturated heterocycles. The summed E-state index contributed by atoms with van der Waals surface area (Å²) in [4.78, 5) is 12.3. The van der Waals surface area contributed by atoms with Crippen LogP contribution >= 0.6 is 0 Å². The molecule has 0 aliphatic carbocycles. The molecule has 3 N–H and O–H groups in total. The van der Waals surface area contributed by atoms with Crippen LogP contribution in [0.5, 0.6) is 0 Å². The lowest BCUT2D eigenvalue weighted by Crippen LogP contribution is -2.50. The molecule has 5 nitrogen and oxygen atoms in total. The van der Waals surface area contributed by atoms with Crippen molar-refractivity contribution in [3.63, 3.8) is 0 Å². The van der Waals surface area contributed by atoms with Gasteiger partial charge >= 0.3 is 6.09 Å². The second-order valence-electron chi connectivity index (χ2n) is 9.50. The monoisotopic (exact) mass is 412 g/mol. The first-order valence-corrected chi connectivity index (χ1v) is 10.5. The maximum absolute atomic E-state index is 12.3. The van der Waals surface area contributed by atoms with Crippen LogP contribution in [-0.4, -0.2) is 41.0 Å². The quantitative estimate of drug-likeness (QED) is 0.580. The van der Waals surface area contributed by atoms with Crippen molar-refractivity contribution in [2.45, 2.75) is 70.7 Å². The molecule has 0 saturated carbocycles. The van der Waals surface area contributed by atoms with E-state index in [-0.39, 0.29) is 5.54 Å². The fourth-order valence-electron chi connectivity index (χ4n) is 3.26. The van der Waals surface area contributed by atoms with Crippen molar-refractivity contribution < 1.29 is 14.6 Å². The number of benzene rings is 2. The minimum Gasteiger partial charge on any atom is -0.443 e. The van der Waals surface area contributed by atoms with Crippen LogP contribution in [0.4, 0.5) is 4.79 Å². The smallest absolute Gasteiger partial charge is 0.407 e. The predicted molar refractivity (Wildman–Crippen MR) is 122 cm³/mol. The largest absolute Gasteiger partial charge is 0.443 e. The Kier molecular flexibility index (Phi) is 8.44. The minimum atomic E-state index is -0.842. The number of alkyl carbamates (subject to hydrolysis) is 1. The Bertz CT molecular complexity index is 770. The van der Waals surface area contributed by atoms with Crippen LogP contribution in [0, 0.1) is 0 Å². The van der Waals surface area contributed by atoms with E-state index >= 15 is 0 Å². The Balaban J connectivity index is 2.01. The summed E-state index contributed by atoms with van der Waals surface area (Å²) < 4.78 is 5.64. The summed E-state index contributed by atoms with van der Waals surface area (Å²) in [6.07, 6.45) is -0.748. The predicted octanol–water partition coefficient (Wildman–Crippen LogP) is 4.09. The van der Waals surface area contributed by atoms with Gasteiger partial charge < -0.3 is 20.5 Å². The standard InChI is InChI=1S/C25H36N2O3/c1-24(2,3)27-23(29)30-22(16-19-12-8-6-9-13-19)21(28)18-26-25(4,5)17-20-14-10-7-11-15-20/h6-15,21-22,26,28H,16-18H2,1-5H3,(H,27,29)/t21-,22+/m1/s1. The molecule has 0 aliphatic rings. The van der Waals surface area contributed by atoms with Crippen LogP contribution in [-0.2, 0) is 17.6 Å². The molecule has 2 rings (SSSR count). The number of β-amino-alcohol motifs (C(OH)–C–C–N with tert-alkyl or cyclic N) is 1. The molecule has 0 radical (unpaired) electrons. The molecule has 0 aromatic heterocycles. The Morgan fingerprint density at radius 3 is 2.00 bits per heavy atom. The summed E-state index contributed by atoms with van der Waals surface area (Å²) in [5, 5.41) is 17.1. The first-order chi connectivity index (χ1) is 14.0. The van der Waals surface area contributed by atoms with E-state index in [9.17, 15) is 9.90 Å². The highest BCUT2D eigenvalue weighted by atomic mass is 16.6. The van der Waals surface area contributed by atoms with Crippen molar-refractivity contribution in [2.75, 3.05) is 6.54 Å². The second-order valence-corrected chi connectivity index (χ2v) is 9.50. The summed E-state index contributed by atoms with van der Waals surface area (Å²) in [5.41, 5.74) is 1.61. The van der Waals surface area contributed by atoms with Gasteiger partial charge in [0.15, 0.2) is 0 Å². The molecule has 0 unspecified atom stereocenters. The van der Waals surface area contributed by atoms with E-state index < -0.39 is 23.8 Å². The minimum absolute atomic E-state index is 0.215. The van der Waals surface area contributed by atoms with E-state index in [2.05, 4.69) is 36.6 Å². The Hall–Kier alpha value is -2.37. The lowest BCUT2D eigenvalue weighted by Gasteiger charge is -2.31. The van der Waals surface area contributed by atoms with Crippen molar-refractivity contribution in [2.24, 2.45) is 0 Å². The van der Waals surface area contributed by atoms with E-state index in [1.807, 2.05) is 69.3 Å². The van der Waals surface area contributed by atoms with Gasteiger partial charge in [0.25, 0.3) is 0 Å². The summed E-state index contributed by atoms with van der Waals surface area (Å²) >= 11 is 0. The van der Waals surface area contributed by atoms with Gasteiger partial charge in [-0.25, -0.2) is 4.79 Å². The van der Waals surface area contributed by atoms with Crippen LogP contribution in [0.15, 0.2) is 60.7 Å². The van der Waals surface area contributed by atoms with E-state index in [0.717, 1.165) is 12.0 Å². The highest BCUT2D eigenvalue weighted by molar-refractivity contribution is 5.68. The molecular formula is C25H36N2O3. The Morgan fingerprint density at radius 2 is 1.47 bits per heavy atom. The van der Waals surface area contributed by atoms with Crippen LogP contribution in [0.25, 0.3) is 0 Å². The van der Waals surface area contributed by atoms with Gasteiger partial charge in [0.1, 0.15) is 12.2 Å². The molecule has 0 aliphatic heterocycles. The Morgan fingerprint density at radius 1 is 0.933 bits per heavy atom. The number of amides is 1. The normalized spacial score (nSPS) is 14.1. The van der Waals surface area contributed by atoms with Gasteiger partial charge in [-0.3, -0.25) is 0 Å². The van der Waals surface area contributed by atoms with Gasteiger partial charge in [-0.2, -0.15) is 0 Å². The zero-order valence-corrected chi connectivity index (χ0v) is 18.8. The zero-order valence-electron chi connectivity index (χ0n) is 18.8. The van der Waals surface area contributed by atoms with E-state index in [0.29, 0.717) is 13.0 Å². The maximum Gasteiger partial charge on any atom is 0.407 e. The third kappa shape index (κ3) is 8.97. The van der Waals surface area contributed by atoms with Crippen LogP contribution in [0.3, 0.4) is 0 Å². The molecule has 0 bridgehead atoms. The van der Waals surface area contributed by atoms with Crippen molar-refractivity contribution >= 4 is 6.09 Å².